The lowest BCUT2D eigenvalue weighted by Gasteiger charge is -2.17. The van der Waals surface area contributed by atoms with Gasteiger partial charge in [0.2, 0.25) is 0 Å². The molecule has 1 aromatic carbocycles. The minimum absolute atomic E-state index is 0.0459. The molecule has 4 N–H and O–H groups in total. The molecule has 0 amide bonds. The van der Waals surface area contributed by atoms with Crippen LogP contribution in [0.4, 0.5) is 11.4 Å². The smallest absolute Gasteiger partial charge is 0.337 e. The predicted octanol–water partition coefficient (Wildman–Crippen LogP) is 2.54. The summed E-state index contributed by atoms with van der Waals surface area (Å²) in [7, 11) is 0. The minimum atomic E-state index is -1.01. The second kappa shape index (κ2) is 5.39. The summed E-state index contributed by atoms with van der Waals surface area (Å²) in [6.45, 7) is 1.94. The van der Waals surface area contributed by atoms with Crippen molar-refractivity contribution in [2.45, 2.75) is 13.0 Å². The van der Waals surface area contributed by atoms with Crippen LogP contribution >= 0.6 is 0 Å². The Kier molecular flexibility index (Phi) is 3.66. The van der Waals surface area contributed by atoms with Gasteiger partial charge in [0.1, 0.15) is 0 Å². The lowest BCUT2D eigenvalue weighted by molar-refractivity contribution is 0.0698. The number of aromatic nitrogens is 1. The second-order valence-electron chi connectivity index (χ2n) is 4.26. The molecule has 5 nitrogen and oxygen atoms in total. The third kappa shape index (κ3) is 3.01. The zero-order valence-corrected chi connectivity index (χ0v) is 10.5. The number of rotatable bonds is 4. The van der Waals surface area contributed by atoms with E-state index in [2.05, 4.69) is 10.3 Å². The number of aromatic carboxylic acids is 1. The molecule has 5 heteroatoms. The predicted molar refractivity (Wildman–Crippen MR) is 74.1 cm³/mol. The molecule has 2 aromatic rings. The van der Waals surface area contributed by atoms with E-state index in [9.17, 15) is 4.79 Å². The average molecular weight is 257 g/mol. The Morgan fingerprint density at radius 2 is 2.21 bits per heavy atom. The van der Waals surface area contributed by atoms with Crippen LogP contribution in [-0.4, -0.2) is 16.1 Å². The van der Waals surface area contributed by atoms with Crippen LogP contribution in [0.2, 0.25) is 0 Å². The zero-order chi connectivity index (χ0) is 13.8. The molecule has 19 heavy (non-hydrogen) atoms. The molecule has 1 heterocycles. The molecule has 2 rings (SSSR count). The molecule has 0 saturated carbocycles. The summed E-state index contributed by atoms with van der Waals surface area (Å²) in [5, 5.41) is 12.3. The van der Waals surface area contributed by atoms with Gasteiger partial charge in [0.25, 0.3) is 0 Å². The highest BCUT2D eigenvalue weighted by atomic mass is 16.4. The molecule has 1 unspecified atom stereocenters. The van der Waals surface area contributed by atoms with Gasteiger partial charge in [0.15, 0.2) is 0 Å². The first kappa shape index (κ1) is 12.9. The standard InChI is InChI=1S/C14H15N3O2/c1-9(10-3-2-6-16-8-10)17-13-5-4-11(15)7-12(13)14(18)19/h2-9,17H,15H2,1H3,(H,18,19). The summed E-state index contributed by atoms with van der Waals surface area (Å²) in [6.07, 6.45) is 3.44. The van der Waals surface area contributed by atoms with Gasteiger partial charge in [-0.2, -0.15) is 0 Å². The van der Waals surface area contributed by atoms with Crippen molar-refractivity contribution in [2.75, 3.05) is 11.1 Å². The lowest BCUT2D eigenvalue weighted by atomic mass is 10.1. The molecule has 0 saturated heterocycles. The number of pyridine rings is 1. The van der Waals surface area contributed by atoms with E-state index in [1.54, 1.807) is 24.5 Å². The van der Waals surface area contributed by atoms with E-state index in [1.165, 1.54) is 6.07 Å². The van der Waals surface area contributed by atoms with E-state index in [0.29, 0.717) is 11.4 Å². The van der Waals surface area contributed by atoms with E-state index < -0.39 is 5.97 Å². The third-order valence-electron chi connectivity index (χ3n) is 2.83. The number of nitrogens with one attached hydrogen (secondary N) is 1. The van der Waals surface area contributed by atoms with Crippen LogP contribution in [0.1, 0.15) is 28.9 Å². The van der Waals surface area contributed by atoms with Gasteiger partial charge in [-0.25, -0.2) is 4.79 Å². The van der Waals surface area contributed by atoms with Crippen LogP contribution in [-0.2, 0) is 0 Å². The van der Waals surface area contributed by atoms with Crippen LogP contribution in [0, 0.1) is 0 Å². The quantitative estimate of drug-likeness (QED) is 0.732. The minimum Gasteiger partial charge on any atom is -0.478 e. The van der Waals surface area contributed by atoms with Gasteiger partial charge in [-0.05, 0) is 36.8 Å². The first-order chi connectivity index (χ1) is 9.08. The molecule has 0 radical (unpaired) electrons. The molecule has 0 aliphatic carbocycles. The van der Waals surface area contributed by atoms with Gasteiger partial charge in [0, 0.05) is 23.8 Å². The molecule has 0 aliphatic heterocycles. The molecule has 1 aromatic heterocycles. The van der Waals surface area contributed by atoms with Gasteiger partial charge < -0.3 is 16.2 Å². The number of benzene rings is 1. The van der Waals surface area contributed by atoms with Crippen molar-refractivity contribution < 1.29 is 9.90 Å². The van der Waals surface area contributed by atoms with E-state index in [1.807, 2.05) is 19.1 Å². The van der Waals surface area contributed by atoms with Crippen molar-refractivity contribution in [3.63, 3.8) is 0 Å². The van der Waals surface area contributed by atoms with Gasteiger partial charge in [0.05, 0.1) is 11.6 Å². The SMILES string of the molecule is CC(Nc1ccc(N)cc1C(=O)O)c1cccnc1. The lowest BCUT2D eigenvalue weighted by Crippen LogP contribution is -2.11. The van der Waals surface area contributed by atoms with Crippen LogP contribution in [0.3, 0.4) is 0 Å². The number of carboxylic acid groups (broad SMARTS) is 1. The van der Waals surface area contributed by atoms with Crippen molar-refractivity contribution in [3.8, 4) is 0 Å². The van der Waals surface area contributed by atoms with E-state index >= 15 is 0 Å². The highest BCUT2D eigenvalue weighted by Gasteiger charge is 2.13. The maximum Gasteiger partial charge on any atom is 0.337 e. The molecule has 0 aliphatic rings. The van der Waals surface area contributed by atoms with E-state index in [-0.39, 0.29) is 11.6 Å². The largest absolute Gasteiger partial charge is 0.478 e. The maximum atomic E-state index is 11.2. The fraction of sp³-hybridized carbons (Fsp3) is 0.143. The second-order valence-corrected chi connectivity index (χ2v) is 4.26. The first-order valence-corrected chi connectivity index (χ1v) is 5.87. The first-order valence-electron chi connectivity index (χ1n) is 5.87. The summed E-state index contributed by atoms with van der Waals surface area (Å²) in [5.74, 6) is -1.01. The Balaban J connectivity index is 2.26. The molecule has 0 bridgehead atoms. The van der Waals surface area contributed by atoms with Gasteiger partial charge in [-0.3, -0.25) is 4.98 Å². The monoisotopic (exact) mass is 257 g/mol. The van der Waals surface area contributed by atoms with Crippen LogP contribution in [0.5, 0.6) is 0 Å². The Hall–Kier alpha value is -2.56. The van der Waals surface area contributed by atoms with E-state index in [0.717, 1.165) is 5.56 Å². The van der Waals surface area contributed by atoms with Crippen molar-refractivity contribution >= 4 is 17.3 Å². The highest BCUT2D eigenvalue weighted by molar-refractivity contribution is 5.95. The topological polar surface area (TPSA) is 88.2 Å². The Labute approximate surface area is 111 Å². The Morgan fingerprint density at radius 1 is 1.42 bits per heavy atom. The van der Waals surface area contributed by atoms with Crippen LogP contribution in [0.15, 0.2) is 42.7 Å². The number of hydrogen-bond donors (Lipinski definition) is 3. The van der Waals surface area contributed by atoms with Crippen LogP contribution in [0.25, 0.3) is 0 Å². The average Bonchev–Trinajstić information content (AvgIpc) is 2.41. The zero-order valence-electron chi connectivity index (χ0n) is 10.5. The number of carbonyl (C=O) groups is 1. The Bertz CT molecular complexity index is 584. The summed E-state index contributed by atoms with van der Waals surface area (Å²) < 4.78 is 0. The number of nitrogens with two attached hydrogens (primary N) is 1. The summed E-state index contributed by atoms with van der Waals surface area (Å²) in [5.41, 5.74) is 7.72. The van der Waals surface area contributed by atoms with Gasteiger partial charge >= 0.3 is 5.97 Å². The molecular formula is C14H15N3O2. The molecule has 98 valence electrons. The normalized spacial score (nSPS) is 11.8. The third-order valence-corrected chi connectivity index (χ3v) is 2.83. The van der Waals surface area contributed by atoms with Crippen molar-refractivity contribution in [1.29, 1.82) is 0 Å². The van der Waals surface area contributed by atoms with Crippen molar-refractivity contribution in [1.82, 2.24) is 4.98 Å². The fourth-order valence-electron chi connectivity index (χ4n) is 1.81. The number of carboxylic acids is 1. The molecule has 1 atom stereocenters. The summed E-state index contributed by atoms with van der Waals surface area (Å²) in [6, 6.07) is 8.52. The Morgan fingerprint density at radius 3 is 2.84 bits per heavy atom. The number of hydrogen-bond acceptors (Lipinski definition) is 4. The highest BCUT2D eigenvalue weighted by Crippen LogP contribution is 2.24. The van der Waals surface area contributed by atoms with E-state index in [4.69, 9.17) is 10.8 Å². The number of nitrogen functional groups attached to an aromatic ring is 1. The van der Waals surface area contributed by atoms with Crippen molar-refractivity contribution in [2.24, 2.45) is 0 Å². The molecular weight excluding hydrogens is 242 g/mol. The maximum absolute atomic E-state index is 11.2. The summed E-state index contributed by atoms with van der Waals surface area (Å²) >= 11 is 0. The van der Waals surface area contributed by atoms with Gasteiger partial charge in [-0.15, -0.1) is 0 Å². The fourth-order valence-corrected chi connectivity index (χ4v) is 1.81. The number of anilines is 2. The molecule has 0 spiro atoms. The number of nitrogens with zero attached hydrogens (tertiary/aromatic N) is 1. The van der Waals surface area contributed by atoms with Gasteiger partial charge in [-0.1, -0.05) is 6.07 Å². The summed E-state index contributed by atoms with van der Waals surface area (Å²) in [4.78, 5) is 15.2. The molecule has 0 fully saturated rings. The van der Waals surface area contributed by atoms with Crippen molar-refractivity contribution in [3.05, 3.63) is 53.9 Å². The van der Waals surface area contributed by atoms with Crippen LogP contribution < -0.4 is 11.1 Å².